The lowest BCUT2D eigenvalue weighted by Crippen LogP contribution is -2.34. The molecule has 1 aliphatic carbocycles. The summed E-state index contributed by atoms with van der Waals surface area (Å²) in [5.41, 5.74) is 1.44. The zero-order valence-corrected chi connectivity index (χ0v) is 19.7. The summed E-state index contributed by atoms with van der Waals surface area (Å²) >= 11 is 0. The Kier molecular flexibility index (Phi) is 8.94. The second kappa shape index (κ2) is 11.9. The number of carbonyl (C=O) groups is 2. The maximum Gasteiger partial charge on any atom is 0.320 e. The summed E-state index contributed by atoms with van der Waals surface area (Å²) in [6, 6.07) is 5.73. The van der Waals surface area contributed by atoms with Gasteiger partial charge in [0.2, 0.25) is 6.29 Å². The summed E-state index contributed by atoms with van der Waals surface area (Å²) in [5, 5.41) is 4.24. The van der Waals surface area contributed by atoms with Gasteiger partial charge in [0, 0.05) is 25.4 Å². The van der Waals surface area contributed by atoms with E-state index >= 15 is 0 Å². The number of hydrogen-bond acceptors (Lipinski definition) is 9. The van der Waals surface area contributed by atoms with Crippen molar-refractivity contribution in [1.82, 2.24) is 0 Å². The first-order valence-electron chi connectivity index (χ1n) is 11.3. The van der Waals surface area contributed by atoms with E-state index in [2.05, 4.69) is 5.16 Å². The topological polar surface area (TPSA) is 102 Å². The fourth-order valence-electron chi connectivity index (χ4n) is 4.30. The SMILES string of the molecule is CCO[C@@H]1C[C@@H](c2ccc(OC)c(OC3CCCC3)c2)C(CC(C(=O)OC)C(=O)OC)=NO1. The fourth-order valence-corrected chi connectivity index (χ4v) is 4.30. The number of hydrogen-bond donors (Lipinski definition) is 0. The van der Waals surface area contributed by atoms with E-state index in [0.717, 1.165) is 31.2 Å². The van der Waals surface area contributed by atoms with Crippen LogP contribution in [0.15, 0.2) is 23.4 Å². The number of methoxy groups -OCH3 is 3. The molecule has 0 amide bonds. The Morgan fingerprint density at radius 3 is 2.39 bits per heavy atom. The Hall–Kier alpha value is -2.81. The van der Waals surface area contributed by atoms with Crippen molar-refractivity contribution in [2.75, 3.05) is 27.9 Å². The van der Waals surface area contributed by atoms with Crippen molar-refractivity contribution >= 4 is 17.7 Å². The molecule has 9 heteroatoms. The highest BCUT2D eigenvalue weighted by Crippen LogP contribution is 2.38. The van der Waals surface area contributed by atoms with Crippen LogP contribution in [0.1, 0.15) is 56.9 Å². The Balaban J connectivity index is 1.92. The average Bonchev–Trinajstić information content (AvgIpc) is 3.35. The third kappa shape index (κ3) is 6.16. The van der Waals surface area contributed by atoms with Crippen LogP contribution in [0.25, 0.3) is 0 Å². The van der Waals surface area contributed by atoms with E-state index in [0.29, 0.717) is 30.2 Å². The molecule has 1 aromatic rings. The molecule has 0 bridgehead atoms. The largest absolute Gasteiger partial charge is 0.493 e. The van der Waals surface area contributed by atoms with Gasteiger partial charge in [0.25, 0.3) is 0 Å². The third-order valence-electron chi connectivity index (χ3n) is 6.04. The Morgan fingerprint density at radius 1 is 1.09 bits per heavy atom. The summed E-state index contributed by atoms with van der Waals surface area (Å²) in [4.78, 5) is 30.0. The van der Waals surface area contributed by atoms with Gasteiger partial charge < -0.3 is 28.5 Å². The van der Waals surface area contributed by atoms with Crippen molar-refractivity contribution in [2.24, 2.45) is 11.1 Å². The van der Waals surface area contributed by atoms with Gasteiger partial charge in [-0.1, -0.05) is 11.2 Å². The van der Waals surface area contributed by atoms with E-state index in [9.17, 15) is 9.59 Å². The van der Waals surface area contributed by atoms with Crippen molar-refractivity contribution in [3.8, 4) is 11.5 Å². The highest BCUT2D eigenvalue weighted by atomic mass is 16.8. The highest BCUT2D eigenvalue weighted by Gasteiger charge is 2.37. The van der Waals surface area contributed by atoms with Crippen LogP contribution in [0.2, 0.25) is 0 Å². The average molecular weight is 464 g/mol. The first kappa shape index (κ1) is 24.8. The first-order chi connectivity index (χ1) is 16.0. The van der Waals surface area contributed by atoms with Crippen LogP contribution < -0.4 is 9.47 Å². The van der Waals surface area contributed by atoms with Gasteiger partial charge in [0.05, 0.1) is 33.1 Å². The molecule has 33 heavy (non-hydrogen) atoms. The summed E-state index contributed by atoms with van der Waals surface area (Å²) in [6.07, 6.45) is 4.44. The molecule has 0 radical (unpaired) electrons. The Morgan fingerprint density at radius 2 is 1.79 bits per heavy atom. The van der Waals surface area contributed by atoms with Crippen LogP contribution in [0.4, 0.5) is 0 Å². The van der Waals surface area contributed by atoms with Gasteiger partial charge in [-0.2, -0.15) is 0 Å². The minimum absolute atomic E-state index is 0.00764. The van der Waals surface area contributed by atoms with Gasteiger partial charge >= 0.3 is 11.9 Å². The van der Waals surface area contributed by atoms with Crippen molar-refractivity contribution in [3.63, 3.8) is 0 Å². The van der Waals surface area contributed by atoms with Gasteiger partial charge in [0.1, 0.15) is 0 Å². The van der Waals surface area contributed by atoms with E-state index in [1.165, 1.54) is 14.2 Å². The van der Waals surface area contributed by atoms with E-state index in [1.54, 1.807) is 7.11 Å². The zero-order chi connectivity index (χ0) is 23.8. The van der Waals surface area contributed by atoms with Gasteiger partial charge in [-0.3, -0.25) is 9.59 Å². The van der Waals surface area contributed by atoms with Crippen LogP contribution >= 0.6 is 0 Å². The molecule has 0 N–H and O–H groups in total. The summed E-state index contributed by atoms with van der Waals surface area (Å²) in [5.74, 6) is -1.45. The molecule has 3 rings (SSSR count). The molecule has 1 fully saturated rings. The van der Waals surface area contributed by atoms with Gasteiger partial charge in [-0.25, -0.2) is 0 Å². The quantitative estimate of drug-likeness (QED) is 0.383. The molecule has 182 valence electrons. The van der Waals surface area contributed by atoms with E-state index in [-0.39, 0.29) is 18.4 Å². The van der Waals surface area contributed by atoms with Crippen LogP contribution in [-0.4, -0.2) is 58.0 Å². The number of nitrogens with zero attached hydrogens (tertiary/aromatic N) is 1. The maximum absolute atomic E-state index is 12.2. The number of ether oxygens (including phenoxy) is 5. The van der Waals surface area contributed by atoms with E-state index in [1.807, 2.05) is 25.1 Å². The molecule has 0 aromatic heterocycles. The number of esters is 2. The smallest absolute Gasteiger partial charge is 0.320 e. The van der Waals surface area contributed by atoms with Crippen molar-refractivity contribution < 1.29 is 38.1 Å². The predicted molar refractivity (Wildman–Crippen MR) is 119 cm³/mol. The molecule has 2 aliphatic rings. The summed E-state index contributed by atoms with van der Waals surface area (Å²) in [6.45, 7) is 2.34. The molecule has 1 heterocycles. The van der Waals surface area contributed by atoms with Crippen LogP contribution in [0.5, 0.6) is 11.5 Å². The number of benzene rings is 1. The molecular weight excluding hydrogens is 430 g/mol. The molecule has 1 aromatic carbocycles. The summed E-state index contributed by atoms with van der Waals surface area (Å²) < 4.78 is 27.0. The standard InChI is InChI=1S/C24H33NO8/c1-5-31-22-14-17(19(25-33-22)13-18(23(26)29-3)24(27)30-4)15-10-11-20(28-2)21(12-15)32-16-8-6-7-9-16/h10-12,16-18,22H,5-9,13-14H2,1-4H3/t17-,22-/m0/s1. The van der Waals surface area contributed by atoms with Crippen molar-refractivity contribution in [2.45, 2.75) is 63.8 Å². The molecule has 0 unspecified atom stereocenters. The zero-order valence-electron chi connectivity index (χ0n) is 19.7. The molecule has 1 saturated carbocycles. The molecule has 2 atom stereocenters. The lowest BCUT2D eigenvalue weighted by Gasteiger charge is -2.30. The fraction of sp³-hybridized carbons (Fsp3) is 0.625. The molecule has 9 nitrogen and oxygen atoms in total. The third-order valence-corrected chi connectivity index (χ3v) is 6.04. The van der Waals surface area contributed by atoms with Crippen LogP contribution in [0, 0.1) is 5.92 Å². The monoisotopic (exact) mass is 463 g/mol. The van der Waals surface area contributed by atoms with Crippen molar-refractivity contribution in [3.05, 3.63) is 23.8 Å². The second-order valence-electron chi connectivity index (χ2n) is 8.10. The lowest BCUT2D eigenvalue weighted by atomic mass is 9.85. The minimum Gasteiger partial charge on any atom is -0.493 e. The van der Waals surface area contributed by atoms with E-state index in [4.69, 9.17) is 28.5 Å². The predicted octanol–water partition coefficient (Wildman–Crippen LogP) is 3.59. The first-order valence-corrected chi connectivity index (χ1v) is 11.3. The molecular formula is C24H33NO8. The minimum atomic E-state index is -1.14. The number of oxime groups is 1. The molecule has 0 saturated heterocycles. The summed E-state index contributed by atoms with van der Waals surface area (Å²) in [7, 11) is 4.08. The van der Waals surface area contributed by atoms with Gasteiger partial charge in [-0.05, 0) is 50.3 Å². The van der Waals surface area contributed by atoms with E-state index < -0.39 is 24.1 Å². The Bertz CT molecular complexity index is 833. The second-order valence-corrected chi connectivity index (χ2v) is 8.10. The number of carbonyl (C=O) groups excluding carboxylic acids is 2. The highest BCUT2D eigenvalue weighted by molar-refractivity contribution is 6.02. The van der Waals surface area contributed by atoms with Gasteiger partial charge in [-0.15, -0.1) is 0 Å². The van der Waals surface area contributed by atoms with Crippen LogP contribution in [-0.2, 0) is 28.6 Å². The molecule has 0 spiro atoms. The van der Waals surface area contributed by atoms with Crippen molar-refractivity contribution in [1.29, 1.82) is 0 Å². The van der Waals surface area contributed by atoms with Gasteiger partial charge in [0.15, 0.2) is 17.4 Å². The lowest BCUT2D eigenvalue weighted by molar-refractivity contribution is -0.159. The normalized spacial score (nSPS) is 20.7. The maximum atomic E-state index is 12.2. The van der Waals surface area contributed by atoms with Crippen LogP contribution in [0.3, 0.4) is 0 Å². The number of rotatable bonds is 10. The Labute approximate surface area is 194 Å². The molecule has 1 aliphatic heterocycles.